The molecule has 0 heterocycles. The molecule has 1 unspecified atom stereocenters. The number of rotatable bonds is 54. The Balaban J connectivity index is 4.25. The molecule has 6 heteroatoms. The normalized spacial score (nSPS) is 12.5. The van der Waals surface area contributed by atoms with Gasteiger partial charge in [0.2, 0.25) is 0 Å². The highest BCUT2D eigenvalue weighted by atomic mass is 16.6. The lowest BCUT2D eigenvalue weighted by atomic mass is 9.99. The van der Waals surface area contributed by atoms with Crippen molar-refractivity contribution in [2.75, 3.05) is 13.2 Å². The fourth-order valence-electron chi connectivity index (χ4n) is 9.32. The third kappa shape index (κ3) is 53.6. The summed E-state index contributed by atoms with van der Waals surface area (Å²) < 4.78 is 16.9. The molecule has 0 aliphatic carbocycles. The minimum atomic E-state index is -0.764. The lowest BCUT2D eigenvalue weighted by molar-refractivity contribution is -0.167. The maximum absolute atomic E-state index is 12.8. The molecule has 0 N–H and O–H groups in total. The first-order chi connectivity index (χ1) is 32.6. The first-order valence-corrected chi connectivity index (χ1v) is 30.1. The number of ether oxygens (including phenoxy) is 3. The standard InChI is InChI=1S/C61H118O6/c1-7-57(6)49-43-37-31-25-19-15-12-13-17-21-27-33-39-45-51-60(63)66-54-58(67-61(64)52-46-40-34-28-22-24-30-36-42-48-56(4)5)53-65-59(62)50-44-38-32-26-20-16-11-9-8-10-14-18-23-29-35-41-47-55(2)3/h55-58H,7-54H2,1-6H3/t57?,58-/m1/s1. The highest BCUT2D eigenvalue weighted by Crippen LogP contribution is 2.19. The molecule has 0 saturated carbocycles. The Morgan fingerprint density at radius 3 is 0.776 bits per heavy atom. The van der Waals surface area contributed by atoms with Gasteiger partial charge in [0.25, 0.3) is 0 Å². The van der Waals surface area contributed by atoms with Gasteiger partial charge in [-0.1, -0.05) is 298 Å². The second-order valence-electron chi connectivity index (χ2n) is 22.2. The van der Waals surface area contributed by atoms with Crippen LogP contribution < -0.4 is 0 Å². The van der Waals surface area contributed by atoms with E-state index in [0.717, 1.165) is 75.5 Å². The van der Waals surface area contributed by atoms with Gasteiger partial charge in [-0.05, 0) is 37.0 Å². The minimum absolute atomic E-state index is 0.0635. The molecular weight excluding hydrogens is 829 g/mol. The first-order valence-electron chi connectivity index (χ1n) is 30.1. The molecule has 0 aromatic rings. The van der Waals surface area contributed by atoms with Crippen LogP contribution in [-0.4, -0.2) is 37.2 Å². The first kappa shape index (κ1) is 65.4. The van der Waals surface area contributed by atoms with Crippen molar-refractivity contribution in [3.8, 4) is 0 Å². The van der Waals surface area contributed by atoms with E-state index in [4.69, 9.17) is 14.2 Å². The SMILES string of the molecule is CCC(C)CCCCCCCCCCCCCCCCC(=O)OC[C@@H](COC(=O)CCCCCCCCCCCCCCCCCCC(C)C)OC(=O)CCCCCCCCCCCC(C)C. The van der Waals surface area contributed by atoms with Crippen LogP contribution >= 0.6 is 0 Å². The molecule has 0 saturated heterocycles. The summed E-state index contributed by atoms with van der Waals surface area (Å²) in [6.45, 7) is 13.8. The van der Waals surface area contributed by atoms with Gasteiger partial charge in [0.05, 0.1) is 0 Å². The van der Waals surface area contributed by atoms with Crippen molar-refractivity contribution in [1.82, 2.24) is 0 Å². The Morgan fingerprint density at radius 2 is 0.522 bits per heavy atom. The van der Waals surface area contributed by atoms with Crippen molar-refractivity contribution in [1.29, 1.82) is 0 Å². The Kier molecular flexibility index (Phi) is 51.0. The number of hydrogen-bond acceptors (Lipinski definition) is 6. The molecule has 6 nitrogen and oxygen atoms in total. The predicted octanol–water partition coefficient (Wildman–Crippen LogP) is 19.9. The second kappa shape index (κ2) is 52.2. The van der Waals surface area contributed by atoms with Crippen LogP contribution in [0, 0.1) is 17.8 Å². The van der Waals surface area contributed by atoms with E-state index >= 15 is 0 Å². The highest BCUT2D eigenvalue weighted by Gasteiger charge is 2.19. The van der Waals surface area contributed by atoms with Crippen molar-refractivity contribution in [3.63, 3.8) is 0 Å². The minimum Gasteiger partial charge on any atom is -0.462 e. The molecule has 0 radical (unpaired) electrons. The summed E-state index contributed by atoms with van der Waals surface area (Å²) in [6, 6.07) is 0. The quantitative estimate of drug-likeness (QED) is 0.0343. The van der Waals surface area contributed by atoms with E-state index in [-0.39, 0.29) is 31.1 Å². The molecule has 0 bridgehead atoms. The molecule has 67 heavy (non-hydrogen) atoms. The third-order valence-corrected chi connectivity index (χ3v) is 14.3. The second-order valence-corrected chi connectivity index (χ2v) is 22.2. The van der Waals surface area contributed by atoms with Gasteiger partial charge in [0.15, 0.2) is 6.10 Å². The van der Waals surface area contributed by atoms with E-state index in [2.05, 4.69) is 41.5 Å². The van der Waals surface area contributed by atoms with Crippen molar-refractivity contribution in [3.05, 3.63) is 0 Å². The van der Waals surface area contributed by atoms with Gasteiger partial charge in [-0.25, -0.2) is 0 Å². The number of unbranched alkanes of at least 4 members (excludes halogenated alkanes) is 36. The highest BCUT2D eigenvalue weighted by molar-refractivity contribution is 5.71. The fraction of sp³-hybridized carbons (Fsp3) is 0.951. The molecule has 0 rings (SSSR count). The third-order valence-electron chi connectivity index (χ3n) is 14.3. The van der Waals surface area contributed by atoms with Gasteiger partial charge in [-0.15, -0.1) is 0 Å². The molecule has 0 fully saturated rings. The summed E-state index contributed by atoms with van der Waals surface area (Å²) in [6.07, 6.45) is 55.2. The smallest absolute Gasteiger partial charge is 0.306 e. The van der Waals surface area contributed by atoms with Gasteiger partial charge in [0.1, 0.15) is 13.2 Å². The van der Waals surface area contributed by atoms with Crippen LogP contribution in [0.3, 0.4) is 0 Å². The van der Waals surface area contributed by atoms with Crippen molar-refractivity contribution >= 4 is 17.9 Å². The van der Waals surface area contributed by atoms with Crippen LogP contribution in [0.15, 0.2) is 0 Å². The van der Waals surface area contributed by atoms with Crippen molar-refractivity contribution in [2.45, 2.75) is 343 Å². The molecule has 2 atom stereocenters. The summed E-state index contributed by atoms with van der Waals surface area (Å²) in [5.74, 6) is 1.71. The van der Waals surface area contributed by atoms with Gasteiger partial charge in [-0.3, -0.25) is 14.4 Å². The van der Waals surface area contributed by atoms with Gasteiger partial charge >= 0.3 is 17.9 Å². The zero-order valence-electron chi connectivity index (χ0n) is 46.2. The zero-order valence-corrected chi connectivity index (χ0v) is 46.2. The summed E-state index contributed by atoms with van der Waals surface area (Å²) in [5, 5.41) is 0. The van der Waals surface area contributed by atoms with Crippen LogP contribution in [0.25, 0.3) is 0 Å². The predicted molar refractivity (Wildman–Crippen MR) is 289 cm³/mol. The Labute approximate surface area is 418 Å². The Hall–Kier alpha value is -1.59. The average Bonchev–Trinajstić information content (AvgIpc) is 3.30. The molecule has 398 valence electrons. The number of hydrogen-bond donors (Lipinski definition) is 0. The lowest BCUT2D eigenvalue weighted by Gasteiger charge is -2.18. The van der Waals surface area contributed by atoms with Crippen molar-refractivity contribution in [2.24, 2.45) is 17.8 Å². The maximum Gasteiger partial charge on any atom is 0.306 e. The summed E-state index contributed by atoms with van der Waals surface area (Å²) in [4.78, 5) is 38.2. The summed E-state index contributed by atoms with van der Waals surface area (Å²) in [5.41, 5.74) is 0. The molecule has 0 aliphatic rings. The van der Waals surface area contributed by atoms with Gasteiger partial charge < -0.3 is 14.2 Å². The topological polar surface area (TPSA) is 78.9 Å². The molecule has 0 aromatic heterocycles. The molecule has 0 aliphatic heterocycles. The molecular formula is C61H118O6. The molecule has 0 spiro atoms. The van der Waals surface area contributed by atoms with E-state index in [0.29, 0.717) is 19.3 Å². The number of esters is 3. The van der Waals surface area contributed by atoms with Crippen LogP contribution in [0.1, 0.15) is 337 Å². The lowest BCUT2D eigenvalue weighted by Crippen LogP contribution is -2.30. The Morgan fingerprint density at radius 1 is 0.299 bits per heavy atom. The molecule has 0 aromatic carbocycles. The summed E-state index contributed by atoms with van der Waals surface area (Å²) >= 11 is 0. The van der Waals surface area contributed by atoms with E-state index in [1.807, 2.05) is 0 Å². The van der Waals surface area contributed by atoms with Crippen LogP contribution in [0.2, 0.25) is 0 Å². The van der Waals surface area contributed by atoms with Crippen LogP contribution in [0.5, 0.6) is 0 Å². The van der Waals surface area contributed by atoms with Gasteiger partial charge in [-0.2, -0.15) is 0 Å². The van der Waals surface area contributed by atoms with E-state index in [1.165, 1.54) is 218 Å². The average molecular weight is 948 g/mol. The van der Waals surface area contributed by atoms with E-state index < -0.39 is 6.10 Å². The zero-order chi connectivity index (χ0) is 49.1. The molecule has 0 amide bonds. The van der Waals surface area contributed by atoms with E-state index in [9.17, 15) is 14.4 Å². The van der Waals surface area contributed by atoms with E-state index in [1.54, 1.807) is 0 Å². The number of carbonyl (C=O) groups excluding carboxylic acids is 3. The maximum atomic E-state index is 12.8. The fourth-order valence-corrected chi connectivity index (χ4v) is 9.32. The van der Waals surface area contributed by atoms with Crippen molar-refractivity contribution < 1.29 is 28.6 Å². The number of carbonyl (C=O) groups is 3. The van der Waals surface area contributed by atoms with Crippen LogP contribution in [0.4, 0.5) is 0 Å². The van der Waals surface area contributed by atoms with Gasteiger partial charge in [0, 0.05) is 19.3 Å². The summed E-state index contributed by atoms with van der Waals surface area (Å²) in [7, 11) is 0. The monoisotopic (exact) mass is 947 g/mol. The largest absolute Gasteiger partial charge is 0.462 e. The Bertz CT molecular complexity index is 1040. The van der Waals surface area contributed by atoms with Crippen LogP contribution in [-0.2, 0) is 28.6 Å².